The van der Waals surface area contributed by atoms with Crippen molar-refractivity contribution in [1.29, 1.82) is 0 Å². The predicted molar refractivity (Wildman–Crippen MR) is 105 cm³/mol. The molecule has 0 aliphatic heterocycles. The molecule has 0 aliphatic rings. The van der Waals surface area contributed by atoms with Crippen LogP contribution in [0, 0.1) is 13.8 Å². The zero-order chi connectivity index (χ0) is 18.6. The summed E-state index contributed by atoms with van der Waals surface area (Å²) in [6.07, 6.45) is 1.71. The highest BCUT2D eigenvalue weighted by molar-refractivity contribution is 6.34. The van der Waals surface area contributed by atoms with E-state index < -0.39 is 0 Å². The van der Waals surface area contributed by atoms with Crippen molar-refractivity contribution in [3.05, 3.63) is 63.7 Å². The van der Waals surface area contributed by atoms with Gasteiger partial charge in [-0.05, 0) is 42.7 Å². The van der Waals surface area contributed by atoms with E-state index in [0.717, 1.165) is 22.4 Å². The smallest absolute Gasteiger partial charge is 0.255 e. The standard InChI is InChI=1S/C20H24ClN3O/c1-14-8-6-7-9-16(14)12-24(5)20(25)17-10-15(2)19(11-18(17)21)22-13-23(3)4/h6-11,13H,12H2,1-5H3. The average molecular weight is 358 g/mol. The van der Waals surface area contributed by atoms with Crippen LogP contribution in [0.5, 0.6) is 0 Å². The molecule has 2 aromatic rings. The van der Waals surface area contributed by atoms with E-state index in [9.17, 15) is 4.79 Å². The number of carbonyl (C=O) groups excluding carboxylic acids is 1. The van der Waals surface area contributed by atoms with Crippen LogP contribution in [-0.4, -0.2) is 43.2 Å². The van der Waals surface area contributed by atoms with Gasteiger partial charge in [0.15, 0.2) is 0 Å². The maximum atomic E-state index is 12.8. The van der Waals surface area contributed by atoms with Gasteiger partial charge in [-0.1, -0.05) is 35.9 Å². The van der Waals surface area contributed by atoms with E-state index in [1.807, 2.05) is 57.1 Å². The van der Waals surface area contributed by atoms with Crippen molar-refractivity contribution >= 4 is 29.5 Å². The molecule has 0 saturated heterocycles. The molecule has 0 spiro atoms. The van der Waals surface area contributed by atoms with Gasteiger partial charge in [-0.3, -0.25) is 4.79 Å². The predicted octanol–water partition coefficient (Wildman–Crippen LogP) is 4.45. The highest BCUT2D eigenvalue weighted by Gasteiger charge is 2.17. The number of rotatable bonds is 5. The van der Waals surface area contributed by atoms with Crippen molar-refractivity contribution in [1.82, 2.24) is 9.80 Å². The van der Waals surface area contributed by atoms with Crippen molar-refractivity contribution < 1.29 is 4.79 Å². The summed E-state index contributed by atoms with van der Waals surface area (Å²) in [6.45, 7) is 4.51. The van der Waals surface area contributed by atoms with Gasteiger partial charge in [-0.15, -0.1) is 0 Å². The van der Waals surface area contributed by atoms with Gasteiger partial charge in [0, 0.05) is 27.7 Å². The minimum Gasteiger partial charge on any atom is -0.369 e. The Morgan fingerprint density at radius 3 is 2.44 bits per heavy atom. The fourth-order valence-corrected chi connectivity index (χ4v) is 2.71. The molecule has 2 rings (SSSR count). The lowest BCUT2D eigenvalue weighted by Gasteiger charge is -2.20. The first-order chi connectivity index (χ1) is 11.8. The molecule has 0 bridgehead atoms. The Morgan fingerprint density at radius 2 is 1.80 bits per heavy atom. The molecule has 25 heavy (non-hydrogen) atoms. The van der Waals surface area contributed by atoms with Crippen molar-refractivity contribution in [2.45, 2.75) is 20.4 Å². The Labute approximate surface area is 154 Å². The number of carbonyl (C=O) groups is 1. The monoisotopic (exact) mass is 357 g/mol. The molecule has 0 aliphatic carbocycles. The Bertz CT molecular complexity index is 800. The summed E-state index contributed by atoms with van der Waals surface area (Å²) >= 11 is 6.35. The first kappa shape index (κ1) is 19.0. The molecule has 0 saturated carbocycles. The van der Waals surface area contributed by atoms with Gasteiger partial charge in [-0.25, -0.2) is 4.99 Å². The normalized spacial score (nSPS) is 11.0. The van der Waals surface area contributed by atoms with Gasteiger partial charge >= 0.3 is 0 Å². The van der Waals surface area contributed by atoms with Gasteiger partial charge < -0.3 is 9.80 Å². The molecule has 0 N–H and O–H groups in total. The molecule has 5 heteroatoms. The fraction of sp³-hybridized carbons (Fsp3) is 0.300. The van der Waals surface area contributed by atoms with E-state index in [-0.39, 0.29) is 5.91 Å². The second-order valence-electron chi connectivity index (χ2n) is 6.41. The third-order valence-electron chi connectivity index (χ3n) is 3.96. The molecular weight excluding hydrogens is 334 g/mol. The minimum atomic E-state index is -0.0977. The van der Waals surface area contributed by atoms with E-state index in [2.05, 4.69) is 4.99 Å². The number of aliphatic imine (C=N–C) groups is 1. The van der Waals surface area contributed by atoms with Crippen LogP contribution < -0.4 is 0 Å². The second kappa shape index (κ2) is 8.17. The second-order valence-corrected chi connectivity index (χ2v) is 6.82. The van der Waals surface area contributed by atoms with Crippen LogP contribution in [0.25, 0.3) is 0 Å². The van der Waals surface area contributed by atoms with Crippen LogP contribution in [0.4, 0.5) is 5.69 Å². The van der Waals surface area contributed by atoms with Gasteiger partial charge in [-0.2, -0.15) is 0 Å². The average Bonchev–Trinajstić information content (AvgIpc) is 2.56. The van der Waals surface area contributed by atoms with E-state index in [4.69, 9.17) is 11.6 Å². The number of hydrogen-bond acceptors (Lipinski definition) is 2. The molecule has 0 atom stereocenters. The molecular formula is C20H24ClN3O. The lowest BCUT2D eigenvalue weighted by Crippen LogP contribution is -2.26. The van der Waals surface area contributed by atoms with Crippen molar-refractivity contribution in [3.8, 4) is 0 Å². The largest absolute Gasteiger partial charge is 0.369 e. The third kappa shape index (κ3) is 4.83. The Balaban J connectivity index is 2.24. The Hall–Kier alpha value is -2.33. The van der Waals surface area contributed by atoms with E-state index >= 15 is 0 Å². The van der Waals surface area contributed by atoms with Crippen molar-refractivity contribution in [3.63, 3.8) is 0 Å². The van der Waals surface area contributed by atoms with Crippen LogP contribution in [0.1, 0.15) is 27.0 Å². The molecule has 1 amide bonds. The van der Waals surface area contributed by atoms with Crippen molar-refractivity contribution in [2.24, 2.45) is 4.99 Å². The fourth-order valence-electron chi connectivity index (χ4n) is 2.47. The zero-order valence-corrected chi connectivity index (χ0v) is 16.1. The van der Waals surface area contributed by atoms with Crippen LogP contribution in [0.15, 0.2) is 41.4 Å². The Kier molecular flexibility index (Phi) is 6.21. The number of hydrogen-bond donors (Lipinski definition) is 0. The summed E-state index contributed by atoms with van der Waals surface area (Å²) < 4.78 is 0. The maximum absolute atomic E-state index is 12.8. The molecule has 0 radical (unpaired) electrons. The van der Waals surface area contributed by atoms with E-state index in [1.165, 1.54) is 0 Å². The summed E-state index contributed by atoms with van der Waals surface area (Å²) in [5, 5.41) is 0.415. The van der Waals surface area contributed by atoms with Gasteiger partial charge in [0.1, 0.15) is 0 Å². The first-order valence-corrected chi connectivity index (χ1v) is 8.48. The minimum absolute atomic E-state index is 0.0977. The van der Waals surface area contributed by atoms with Crippen molar-refractivity contribution in [2.75, 3.05) is 21.1 Å². The molecule has 2 aromatic carbocycles. The number of nitrogens with zero attached hydrogens (tertiary/aromatic N) is 3. The van der Waals surface area contributed by atoms with Gasteiger partial charge in [0.25, 0.3) is 5.91 Å². The van der Waals surface area contributed by atoms with Crippen LogP contribution in [0.2, 0.25) is 5.02 Å². The number of aryl methyl sites for hydroxylation is 2. The molecule has 0 unspecified atom stereocenters. The number of benzene rings is 2. The molecule has 0 aromatic heterocycles. The third-order valence-corrected chi connectivity index (χ3v) is 4.27. The van der Waals surface area contributed by atoms with Gasteiger partial charge in [0.2, 0.25) is 0 Å². The maximum Gasteiger partial charge on any atom is 0.255 e. The topological polar surface area (TPSA) is 35.9 Å². The molecule has 0 heterocycles. The first-order valence-electron chi connectivity index (χ1n) is 8.10. The summed E-state index contributed by atoms with van der Waals surface area (Å²) in [6, 6.07) is 11.6. The summed E-state index contributed by atoms with van der Waals surface area (Å²) in [5.41, 5.74) is 4.46. The van der Waals surface area contributed by atoms with Crippen LogP contribution in [-0.2, 0) is 6.54 Å². The zero-order valence-electron chi connectivity index (χ0n) is 15.4. The molecule has 4 nitrogen and oxygen atoms in total. The van der Waals surface area contributed by atoms with E-state index in [0.29, 0.717) is 17.1 Å². The van der Waals surface area contributed by atoms with Crippen LogP contribution >= 0.6 is 11.6 Å². The van der Waals surface area contributed by atoms with Gasteiger partial charge in [0.05, 0.1) is 22.6 Å². The number of halogens is 1. The summed E-state index contributed by atoms with van der Waals surface area (Å²) in [4.78, 5) is 20.7. The summed E-state index contributed by atoms with van der Waals surface area (Å²) in [5.74, 6) is -0.0977. The highest BCUT2D eigenvalue weighted by Crippen LogP contribution is 2.28. The lowest BCUT2D eigenvalue weighted by molar-refractivity contribution is 0.0785. The van der Waals surface area contributed by atoms with E-state index in [1.54, 1.807) is 30.4 Å². The highest BCUT2D eigenvalue weighted by atomic mass is 35.5. The molecule has 132 valence electrons. The SMILES string of the molecule is Cc1ccccc1CN(C)C(=O)c1cc(C)c(N=CN(C)C)cc1Cl. The van der Waals surface area contributed by atoms with Crippen LogP contribution in [0.3, 0.4) is 0 Å². The quantitative estimate of drug-likeness (QED) is 0.585. The Morgan fingerprint density at radius 1 is 1.12 bits per heavy atom. The number of amides is 1. The molecule has 0 fully saturated rings. The lowest BCUT2D eigenvalue weighted by atomic mass is 10.1. The summed E-state index contributed by atoms with van der Waals surface area (Å²) in [7, 11) is 5.59.